The maximum atomic E-state index is 5.60. The second kappa shape index (κ2) is 5.15. The average Bonchev–Trinajstić information content (AvgIpc) is 2.56. The van der Waals surface area contributed by atoms with E-state index in [0.29, 0.717) is 12.1 Å². The summed E-state index contributed by atoms with van der Waals surface area (Å²) in [7, 11) is 2.20. The van der Waals surface area contributed by atoms with Gasteiger partial charge in [0.2, 0.25) is 0 Å². The fourth-order valence-electron chi connectivity index (χ4n) is 2.20. The number of halogens is 1. The van der Waals surface area contributed by atoms with Crippen LogP contribution in [0.1, 0.15) is 12.8 Å². The van der Waals surface area contributed by atoms with Crippen LogP contribution in [0.3, 0.4) is 0 Å². The van der Waals surface area contributed by atoms with Crippen molar-refractivity contribution in [3.05, 3.63) is 0 Å². The number of nitrogens with one attached hydrogen (secondary N) is 1. The zero-order chi connectivity index (χ0) is 8.39. The Balaban J connectivity index is 0.000000845. The van der Waals surface area contributed by atoms with E-state index >= 15 is 0 Å². The van der Waals surface area contributed by atoms with Crippen molar-refractivity contribution >= 4 is 12.4 Å². The molecule has 2 heterocycles. The van der Waals surface area contributed by atoms with Crippen LogP contribution in [0.4, 0.5) is 0 Å². The van der Waals surface area contributed by atoms with E-state index in [9.17, 15) is 0 Å². The molecule has 3 nitrogen and oxygen atoms in total. The summed E-state index contributed by atoms with van der Waals surface area (Å²) >= 11 is 0. The van der Waals surface area contributed by atoms with Gasteiger partial charge in [-0.15, -0.1) is 12.4 Å². The number of piperidine rings is 1. The van der Waals surface area contributed by atoms with Gasteiger partial charge < -0.3 is 9.64 Å². The topological polar surface area (TPSA) is 24.5 Å². The van der Waals surface area contributed by atoms with Gasteiger partial charge in [0.05, 0.1) is 6.61 Å². The SMILES string of the molecule is CN1CCCC(C2NCCO2)C1.Cl. The van der Waals surface area contributed by atoms with Crippen molar-refractivity contribution in [1.29, 1.82) is 0 Å². The molecule has 13 heavy (non-hydrogen) atoms. The second-order valence-corrected chi connectivity index (χ2v) is 3.91. The maximum Gasteiger partial charge on any atom is 0.112 e. The summed E-state index contributed by atoms with van der Waals surface area (Å²) in [5.41, 5.74) is 0. The van der Waals surface area contributed by atoms with Gasteiger partial charge in [-0.1, -0.05) is 0 Å². The van der Waals surface area contributed by atoms with Gasteiger partial charge in [-0.05, 0) is 26.4 Å². The van der Waals surface area contributed by atoms with Gasteiger partial charge in [0.25, 0.3) is 0 Å². The van der Waals surface area contributed by atoms with Crippen LogP contribution in [0.15, 0.2) is 0 Å². The molecular formula is C9H19ClN2O. The van der Waals surface area contributed by atoms with Crippen molar-refractivity contribution in [3.63, 3.8) is 0 Å². The summed E-state index contributed by atoms with van der Waals surface area (Å²) in [6.45, 7) is 4.37. The minimum absolute atomic E-state index is 0. The Labute approximate surface area is 86.2 Å². The van der Waals surface area contributed by atoms with E-state index in [4.69, 9.17) is 4.74 Å². The van der Waals surface area contributed by atoms with E-state index in [0.717, 1.165) is 13.2 Å². The molecule has 0 amide bonds. The molecule has 2 saturated heterocycles. The van der Waals surface area contributed by atoms with Gasteiger partial charge in [0, 0.05) is 19.0 Å². The molecule has 78 valence electrons. The van der Waals surface area contributed by atoms with Crippen molar-refractivity contribution in [3.8, 4) is 0 Å². The lowest BCUT2D eigenvalue weighted by atomic mass is 9.97. The van der Waals surface area contributed by atoms with Gasteiger partial charge in [0.15, 0.2) is 0 Å². The van der Waals surface area contributed by atoms with Crippen LogP contribution in [0.25, 0.3) is 0 Å². The fourth-order valence-corrected chi connectivity index (χ4v) is 2.20. The predicted molar refractivity (Wildman–Crippen MR) is 55.2 cm³/mol. The molecule has 2 fully saturated rings. The number of nitrogens with zero attached hydrogens (tertiary/aromatic N) is 1. The number of ether oxygens (including phenoxy) is 1. The lowest BCUT2D eigenvalue weighted by Crippen LogP contribution is -2.42. The quantitative estimate of drug-likeness (QED) is 0.684. The van der Waals surface area contributed by atoms with Crippen LogP contribution < -0.4 is 5.32 Å². The fraction of sp³-hybridized carbons (Fsp3) is 1.00. The third-order valence-electron chi connectivity index (χ3n) is 2.83. The number of rotatable bonds is 1. The summed E-state index contributed by atoms with van der Waals surface area (Å²) < 4.78 is 5.60. The van der Waals surface area contributed by atoms with Crippen molar-refractivity contribution in [2.24, 2.45) is 5.92 Å². The molecule has 1 N–H and O–H groups in total. The highest BCUT2D eigenvalue weighted by atomic mass is 35.5. The summed E-state index contributed by atoms with van der Waals surface area (Å²) in [6.07, 6.45) is 2.98. The zero-order valence-electron chi connectivity index (χ0n) is 8.16. The highest BCUT2D eigenvalue weighted by Crippen LogP contribution is 2.20. The first kappa shape index (κ1) is 11.2. The van der Waals surface area contributed by atoms with Crippen LogP contribution >= 0.6 is 12.4 Å². The average molecular weight is 207 g/mol. The molecule has 2 aliphatic rings. The molecule has 0 aromatic rings. The molecule has 2 atom stereocenters. The molecule has 0 aromatic carbocycles. The van der Waals surface area contributed by atoms with Crippen LogP contribution in [-0.4, -0.2) is 44.4 Å². The van der Waals surface area contributed by atoms with E-state index in [1.54, 1.807) is 0 Å². The monoisotopic (exact) mass is 206 g/mol. The molecule has 2 unspecified atom stereocenters. The number of hydrogen-bond donors (Lipinski definition) is 1. The van der Waals surface area contributed by atoms with E-state index in [2.05, 4.69) is 17.3 Å². The van der Waals surface area contributed by atoms with Gasteiger partial charge in [-0.2, -0.15) is 0 Å². The van der Waals surface area contributed by atoms with E-state index < -0.39 is 0 Å². The van der Waals surface area contributed by atoms with Gasteiger partial charge in [-0.3, -0.25) is 5.32 Å². The van der Waals surface area contributed by atoms with Crippen LogP contribution in [0.2, 0.25) is 0 Å². The van der Waals surface area contributed by atoms with Crippen LogP contribution in [-0.2, 0) is 4.74 Å². The molecule has 0 radical (unpaired) electrons. The molecule has 2 rings (SSSR count). The Morgan fingerprint density at radius 1 is 1.46 bits per heavy atom. The Bertz CT molecular complexity index is 151. The maximum absolute atomic E-state index is 5.60. The van der Waals surface area contributed by atoms with Crippen LogP contribution in [0.5, 0.6) is 0 Å². The second-order valence-electron chi connectivity index (χ2n) is 3.91. The normalized spacial score (nSPS) is 35.8. The molecule has 0 saturated carbocycles. The largest absolute Gasteiger partial charge is 0.362 e. The first-order valence-electron chi connectivity index (χ1n) is 4.90. The summed E-state index contributed by atoms with van der Waals surface area (Å²) in [6, 6.07) is 0. The molecule has 0 bridgehead atoms. The van der Waals surface area contributed by atoms with Crippen molar-refractivity contribution in [2.45, 2.75) is 19.1 Å². The Hall–Kier alpha value is 0.170. The molecule has 4 heteroatoms. The number of likely N-dealkylation sites (tertiary alicyclic amines) is 1. The lowest BCUT2D eigenvalue weighted by molar-refractivity contribution is 0.0215. The minimum Gasteiger partial charge on any atom is -0.362 e. The third-order valence-corrected chi connectivity index (χ3v) is 2.83. The summed E-state index contributed by atoms with van der Waals surface area (Å²) in [4.78, 5) is 2.40. The highest BCUT2D eigenvalue weighted by Gasteiger charge is 2.28. The third kappa shape index (κ3) is 2.81. The lowest BCUT2D eigenvalue weighted by Gasteiger charge is -2.32. The van der Waals surface area contributed by atoms with Gasteiger partial charge >= 0.3 is 0 Å². The smallest absolute Gasteiger partial charge is 0.112 e. The zero-order valence-corrected chi connectivity index (χ0v) is 8.98. The van der Waals surface area contributed by atoms with E-state index in [1.165, 1.54) is 25.9 Å². The van der Waals surface area contributed by atoms with Crippen molar-refractivity contribution in [2.75, 3.05) is 33.3 Å². The molecule has 0 spiro atoms. The Morgan fingerprint density at radius 3 is 2.92 bits per heavy atom. The molecule has 0 aliphatic carbocycles. The standard InChI is InChI=1S/C9H18N2O.ClH/c1-11-5-2-3-8(7-11)9-10-4-6-12-9;/h8-10H,2-7H2,1H3;1H. The first-order chi connectivity index (χ1) is 5.86. The van der Waals surface area contributed by atoms with Gasteiger partial charge in [0.1, 0.15) is 6.23 Å². The van der Waals surface area contributed by atoms with E-state index in [1.807, 2.05) is 0 Å². The van der Waals surface area contributed by atoms with Crippen molar-refractivity contribution in [1.82, 2.24) is 10.2 Å². The minimum atomic E-state index is 0. The summed E-state index contributed by atoms with van der Waals surface area (Å²) in [5, 5.41) is 3.40. The molecule has 0 aromatic heterocycles. The van der Waals surface area contributed by atoms with Crippen LogP contribution in [0, 0.1) is 5.92 Å². The van der Waals surface area contributed by atoms with E-state index in [-0.39, 0.29) is 12.4 Å². The Morgan fingerprint density at radius 2 is 2.31 bits per heavy atom. The molecular weight excluding hydrogens is 188 g/mol. The van der Waals surface area contributed by atoms with Crippen molar-refractivity contribution < 1.29 is 4.74 Å². The predicted octanol–water partition coefficient (Wildman–Crippen LogP) is 0.696. The first-order valence-corrected chi connectivity index (χ1v) is 4.90. The number of hydrogen-bond acceptors (Lipinski definition) is 3. The van der Waals surface area contributed by atoms with Gasteiger partial charge in [-0.25, -0.2) is 0 Å². The summed E-state index contributed by atoms with van der Waals surface area (Å²) in [5.74, 6) is 0.714. The Kier molecular flexibility index (Phi) is 4.46. The highest BCUT2D eigenvalue weighted by molar-refractivity contribution is 5.85. The molecule has 2 aliphatic heterocycles.